The van der Waals surface area contributed by atoms with Gasteiger partial charge in [-0.15, -0.1) is 0 Å². The minimum atomic E-state index is -4.34. The normalized spacial score (nSPS) is 12.4. The Hall–Kier alpha value is -3.85. The molecule has 5 aromatic rings. The van der Waals surface area contributed by atoms with E-state index in [4.69, 9.17) is 0 Å². The summed E-state index contributed by atoms with van der Waals surface area (Å²) >= 11 is 1.44. The molecule has 192 valence electrons. The smallest absolute Gasteiger partial charge is 0.294 e. The molecule has 0 spiro atoms. The van der Waals surface area contributed by atoms with Crippen LogP contribution in [-0.4, -0.2) is 23.9 Å². The summed E-state index contributed by atoms with van der Waals surface area (Å²) in [6, 6.07) is 25.8. The van der Waals surface area contributed by atoms with Crippen molar-refractivity contribution in [3.8, 4) is 11.1 Å². The third-order valence-corrected chi connectivity index (χ3v) is 8.42. The Morgan fingerprint density at radius 2 is 1.71 bits per heavy atom. The molecule has 0 saturated heterocycles. The summed E-state index contributed by atoms with van der Waals surface area (Å²) in [4.78, 5) is 17.5. The van der Waals surface area contributed by atoms with E-state index in [2.05, 4.69) is 16.4 Å². The number of aromatic nitrogens is 1. The Kier molecular flexibility index (Phi) is 6.88. The van der Waals surface area contributed by atoms with Crippen LogP contribution in [0.25, 0.3) is 21.3 Å². The molecule has 4 aromatic carbocycles. The highest BCUT2D eigenvalue weighted by Crippen LogP contribution is 2.36. The SMILES string of the molecule is Cc1ccc2nc(NC(=O)c3cccc(C(C)c4ccccc4-c4cc(S(=O)(=O)O)ccc4C)c3)sc2c1. The van der Waals surface area contributed by atoms with Crippen molar-refractivity contribution in [1.29, 1.82) is 0 Å². The predicted octanol–water partition coefficient (Wildman–Crippen LogP) is 7.23. The molecule has 0 radical (unpaired) electrons. The first kappa shape index (κ1) is 25.8. The highest BCUT2D eigenvalue weighted by Gasteiger charge is 2.19. The van der Waals surface area contributed by atoms with Gasteiger partial charge < -0.3 is 0 Å². The molecule has 8 heteroatoms. The first-order chi connectivity index (χ1) is 18.1. The Labute approximate surface area is 225 Å². The molecule has 1 amide bonds. The van der Waals surface area contributed by atoms with Gasteiger partial charge in [-0.05, 0) is 83.6 Å². The zero-order valence-electron chi connectivity index (χ0n) is 21.1. The number of amides is 1. The fraction of sp³-hybridized carbons (Fsp3) is 0.133. The number of thiazole rings is 1. The van der Waals surface area contributed by atoms with E-state index in [0.717, 1.165) is 43.6 Å². The molecule has 0 bridgehead atoms. The molecule has 6 nitrogen and oxygen atoms in total. The van der Waals surface area contributed by atoms with Crippen molar-refractivity contribution in [3.63, 3.8) is 0 Å². The van der Waals surface area contributed by atoms with Gasteiger partial charge in [0, 0.05) is 11.5 Å². The zero-order chi connectivity index (χ0) is 27.0. The molecule has 38 heavy (non-hydrogen) atoms. The van der Waals surface area contributed by atoms with Crippen molar-refractivity contribution in [3.05, 3.63) is 113 Å². The lowest BCUT2D eigenvalue weighted by Gasteiger charge is -2.19. The number of fused-ring (bicyclic) bond motifs is 1. The predicted molar refractivity (Wildman–Crippen MR) is 153 cm³/mol. The van der Waals surface area contributed by atoms with Crippen LogP contribution < -0.4 is 5.32 Å². The Morgan fingerprint density at radius 3 is 2.50 bits per heavy atom. The van der Waals surface area contributed by atoms with Crippen LogP contribution in [0.1, 0.15) is 45.5 Å². The van der Waals surface area contributed by atoms with E-state index >= 15 is 0 Å². The molecule has 1 unspecified atom stereocenters. The molecular weight excluding hydrogens is 516 g/mol. The number of carbonyl (C=O) groups excluding carboxylic acids is 1. The second-order valence-corrected chi connectivity index (χ2v) is 11.8. The topological polar surface area (TPSA) is 96.4 Å². The van der Waals surface area contributed by atoms with E-state index in [1.165, 1.54) is 23.5 Å². The van der Waals surface area contributed by atoms with Crippen LogP contribution in [0.3, 0.4) is 0 Å². The van der Waals surface area contributed by atoms with Gasteiger partial charge >= 0.3 is 0 Å². The average molecular weight is 543 g/mol. The van der Waals surface area contributed by atoms with Gasteiger partial charge in [-0.3, -0.25) is 14.7 Å². The second-order valence-electron chi connectivity index (χ2n) is 9.33. The molecule has 5 rings (SSSR count). The number of hydrogen-bond donors (Lipinski definition) is 2. The molecule has 0 saturated carbocycles. The number of benzene rings is 4. The minimum Gasteiger partial charge on any atom is -0.298 e. The van der Waals surface area contributed by atoms with Crippen molar-refractivity contribution >= 4 is 42.7 Å². The van der Waals surface area contributed by atoms with Crippen molar-refractivity contribution in [2.45, 2.75) is 31.6 Å². The molecule has 0 fully saturated rings. The van der Waals surface area contributed by atoms with Crippen LogP contribution in [0.15, 0.2) is 89.8 Å². The first-order valence-corrected chi connectivity index (χ1v) is 14.3. The lowest BCUT2D eigenvalue weighted by molar-refractivity contribution is 0.102. The summed E-state index contributed by atoms with van der Waals surface area (Å²) in [5, 5.41) is 3.48. The third-order valence-electron chi connectivity index (χ3n) is 6.64. The molecule has 1 atom stereocenters. The number of nitrogens with zero attached hydrogens (tertiary/aromatic N) is 1. The minimum absolute atomic E-state index is 0.0989. The molecule has 0 aliphatic rings. The summed E-state index contributed by atoms with van der Waals surface area (Å²) < 4.78 is 34.2. The molecule has 0 aliphatic carbocycles. The van der Waals surface area contributed by atoms with Gasteiger partial charge in [-0.25, -0.2) is 4.98 Å². The standard InChI is InChI=1S/C30H26N2O4S2/c1-18-11-14-27-28(15-18)37-30(31-27)32-29(33)22-8-6-7-21(16-22)20(3)24-9-4-5-10-25(24)26-17-23(38(34,35)36)13-12-19(26)2/h4-17,20H,1-3H3,(H,31,32,33)(H,34,35,36). The van der Waals surface area contributed by atoms with Gasteiger partial charge in [0.2, 0.25) is 0 Å². The number of aryl methyl sites for hydroxylation is 2. The highest BCUT2D eigenvalue weighted by molar-refractivity contribution is 7.85. The van der Waals surface area contributed by atoms with Crippen LogP contribution in [0.2, 0.25) is 0 Å². The molecule has 0 aliphatic heterocycles. The maximum Gasteiger partial charge on any atom is 0.294 e. The number of hydrogen-bond acceptors (Lipinski definition) is 5. The van der Waals surface area contributed by atoms with Crippen LogP contribution in [-0.2, 0) is 10.1 Å². The second kappa shape index (κ2) is 10.1. The summed E-state index contributed by atoms with van der Waals surface area (Å²) in [5.41, 5.74) is 6.90. The summed E-state index contributed by atoms with van der Waals surface area (Å²) in [5.74, 6) is -0.335. The van der Waals surface area contributed by atoms with E-state index in [9.17, 15) is 17.8 Å². The van der Waals surface area contributed by atoms with E-state index in [0.29, 0.717) is 10.7 Å². The van der Waals surface area contributed by atoms with E-state index in [1.54, 1.807) is 12.1 Å². The Bertz CT molecular complexity index is 1790. The van der Waals surface area contributed by atoms with Gasteiger partial charge in [0.1, 0.15) is 0 Å². The van der Waals surface area contributed by atoms with Crippen molar-refractivity contribution in [2.24, 2.45) is 0 Å². The van der Waals surface area contributed by atoms with E-state index in [1.807, 2.05) is 75.4 Å². The van der Waals surface area contributed by atoms with Crippen molar-refractivity contribution in [2.75, 3.05) is 5.32 Å². The number of rotatable bonds is 6. The average Bonchev–Trinajstić information content (AvgIpc) is 3.29. The summed E-state index contributed by atoms with van der Waals surface area (Å²) in [6.07, 6.45) is 0. The van der Waals surface area contributed by atoms with Gasteiger partial charge in [0.25, 0.3) is 16.0 Å². The van der Waals surface area contributed by atoms with Crippen LogP contribution >= 0.6 is 11.3 Å². The molecule has 2 N–H and O–H groups in total. The largest absolute Gasteiger partial charge is 0.298 e. The third kappa shape index (κ3) is 5.24. The molecule has 1 heterocycles. The molecule has 1 aromatic heterocycles. The number of carbonyl (C=O) groups is 1. The van der Waals surface area contributed by atoms with Gasteiger partial charge in [-0.1, -0.05) is 66.8 Å². The van der Waals surface area contributed by atoms with Crippen LogP contribution in [0.4, 0.5) is 5.13 Å². The van der Waals surface area contributed by atoms with Crippen LogP contribution in [0.5, 0.6) is 0 Å². The zero-order valence-corrected chi connectivity index (χ0v) is 22.7. The maximum atomic E-state index is 13.1. The quantitative estimate of drug-likeness (QED) is 0.221. The van der Waals surface area contributed by atoms with Gasteiger partial charge in [0.15, 0.2) is 5.13 Å². The monoisotopic (exact) mass is 542 g/mol. The lowest BCUT2D eigenvalue weighted by Crippen LogP contribution is -2.12. The Balaban J connectivity index is 1.46. The van der Waals surface area contributed by atoms with Crippen molar-refractivity contribution in [1.82, 2.24) is 4.98 Å². The van der Waals surface area contributed by atoms with E-state index in [-0.39, 0.29) is 16.7 Å². The first-order valence-electron chi connectivity index (χ1n) is 12.1. The van der Waals surface area contributed by atoms with E-state index < -0.39 is 10.1 Å². The van der Waals surface area contributed by atoms with Crippen LogP contribution in [0, 0.1) is 13.8 Å². The highest BCUT2D eigenvalue weighted by atomic mass is 32.2. The molecular formula is C30H26N2O4S2. The maximum absolute atomic E-state index is 13.1. The summed E-state index contributed by atoms with van der Waals surface area (Å²) in [6.45, 7) is 5.97. The van der Waals surface area contributed by atoms with Crippen molar-refractivity contribution < 1.29 is 17.8 Å². The fourth-order valence-corrected chi connectivity index (χ4v) is 6.02. The number of anilines is 1. The fourth-order valence-electron chi connectivity index (χ4n) is 4.56. The van der Waals surface area contributed by atoms with Gasteiger partial charge in [0.05, 0.1) is 15.1 Å². The van der Waals surface area contributed by atoms with Gasteiger partial charge in [-0.2, -0.15) is 8.42 Å². The Morgan fingerprint density at radius 1 is 0.921 bits per heavy atom. The lowest BCUT2D eigenvalue weighted by atomic mass is 9.85. The number of nitrogens with one attached hydrogen (secondary N) is 1. The summed E-state index contributed by atoms with van der Waals surface area (Å²) in [7, 11) is -4.34.